The molecular weight excluding hydrogens is 136 g/mol. The first kappa shape index (κ1) is 11.9. The van der Waals surface area contributed by atoms with Crippen molar-refractivity contribution in [2.24, 2.45) is 0 Å². The smallest absolute Gasteiger partial charge is 0.0563 e. The minimum Gasteiger partial charge on any atom is -0.391 e. The van der Waals surface area contributed by atoms with Crippen molar-refractivity contribution in [3.8, 4) is 0 Å². The van der Waals surface area contributed by atoms with E-state index in [4.69, 9.17) is 5.11 Å². The van der Waals surface area contributed by atoms with Gasteiger partial charge >= 0.3 is 0 Å². The van der Waals surface area contributed by atoms with Gasteiger partial charge in [0.05, 0.1) is 5.60 Å². The lowest BCUT2D eigenvalue weighted by atomic mass is 10.2. The fourth-order valence-corrected chi connectivity index (χ4v) is 0. The van der Waals surface area contributed by atoms with E-state index in [1.54, 1.807) is 33.3 Å². The molecule has 58 valence electrons. The fraction of sp³-hybridized carbons (Fsp3) is 1.00. The molecule has 0 radical (unpaired) electrons. The van der Waals surface area contributed by atoms with Crippen LogP contribution in [0.15, 0.2) is 0 Å². The van der Waals surface area contributed by atoms with E-state index in [1.165, 1.54) is 0 Å². The van der Waals surface area contributed by atoms with E-state index >= 15 is 0 Å². The van der Waals surface area contributed by atoms with E-state index in [0.717, 1.165) is 0 Å². The Morgan fingerprint density at radius 2 is 1.22 bits per heavy atom. The van der Waals surface area contributed by atoms with E-state index in [0.29, 0.717) is 0 Å². The number of hydrogen-bond donors (Lipinski definition) is 1. The van der Waals surface area contributed by atoms with Crippen molar-refractivity contribution in [3.05, 3.63) is 0 Å². The Balaban J connectivity index is 0. The molecule has 0 amide bonds. The monoisotopic (exact) mass is 152 g/mol. The van der Waals surface area contributed by atoms with Gasteiger partial charge in [-0.3, -0.25) is 4.21 Å². The summed E-state index contributed by atoms with van der Waals surface area (Å²) in [5.41, 5.74) is -0.500. The van der Waals surface area contributed by atoms with Gasteiger partial charge in [-0.2, -0.15) is 0 Å². The van der Waals surface area contributed by atoms with Crippen LogP contribution >= 0.6 is 0 Å². The van der Waals surface area contributed by atoms with Crippen LogP contribution in [-0.2, 0) is 10.8 Å². The van der Waals surface area contributed by atoms with E-state index in [9.17, 15) is 4.21 Å². The quantitative estimate of drug-likeness (QED) is 0.557. The van der Waals surface area contributed by atoms with Crippen molar-refractivity contribution in [2.45, 2.75) is 26.4 Å². The van der Waals surface area contributed by atoms with Gasteiger partial charge in [-0.15, -0.1) is 0 Å². The molecule has 2 nitrogen and oxygen atoms in total. The first-order chi connectivity index (χ1) is 3.73. The topological polar surface area (TPSA) is 37.3 Å². The average molecular weight is 152 g/mol. The highest BCUT2D eigenvalue weighted by Gasteiger charge is 1.97. The molecule has 0 aromatic heterocycles. The van der Waals surface area contributed by atoms with Gasteiger partial charge in [0.15, 0.2) is 0 Å². The summed E-state index contributed by atoms with van der Waals surface area (Å²) in [5, 5.41) is 8.52. The zero-order valence-corrected chi connectivity index (χ0v) is 7.58. The molecular formula is C6H16O2S. The molecule has 1 N–H and O–H groups in total. The van der Waals surface area contributed by atoms with Crippen molar-refractivity contribution in [1.82, 2.24) is 0 Å². The third kappa shape index (κ3) is 25000. The Labute approximate surface area is 59.7 Å². The second kappa shape index (κ2) is 4.94. The van der Waals surface area contributed by atoms with Crippen molar-refractivity contribution in [1.29, 1.82) is 0 Å². The van der Waals surface area contributed by atoms with Gasteiger partial charge in [0, 0.05) is 23.3 Å². The summed E-state index contributed by atoms with van der Waals surface area (Å²) in [6, 6.07) is 0. The summed E-state index contributed by atoms with van der Waals surface area (Å²) in [5.74, 6) is 0. The molecule has 0 saturated carbocycles. The maximum absolute atomic E-state index is 9.56. The van der Waals surface area contributed by atoms with E-state index in [-0.39, 0.29) is 0 Å². The second-order valence-corrected chi connectivity index (χ2v) is 4.40. The summed E-state index contributed by atoms with van der Waals surface area (Å²) in [6.45, 7) is 5.23. The van der Waals surface area contributed by atoms with E-state index < -0.39 is 16.4 Å². The molecule has 0 aromatic rings. The lowest BCUT2D eigenvalue weighted by molar-refractivity contribution is 0.102. The molecule has 0 saturated heterocycles. The van der Waals surface area contributed by atoms with E-state index in [1.807, 2.05) is 0 Å². The highest BCUT2D eigenvalue weighted by Crippen LogP contribution is 1.93. The predicted molar refractivity (Wildman–Crippen MR) is 42.0 cm³/mol. The lowest BCUT2D eigenvalue weighted by Gasteiger charge is -2.04. The fourth-order valence-electron chi connectivity index (χ4n) is 0. The lowest BCUT2D eigenvalue weighted by Crippen LogP contribution is -2.10. The first-order valence-corrected chi connectivity index (χ1v) is 4.67. The van der Waals surface area contributed by atoms with Gasteiger partial charge in [-0.05, 0) is 20.8 Å². The van der Waals surface area contributed by atoms with Gasteiger partial charge in [-0.25, -0.2) is 0 Å². The molecule has 0 spiro atoms. The van der Waals surface area contributed by atoms with Crippen LogP contribution in [0.1, 0.15) is 20.8 Å². The Kier molecular flexibility index (Phi) is 6.51. The van der Waals surface area contributed by atoms with Gasteiger partial charge in [0.1, 0.15) is 0 Å². The molecule has 3 heteroatoms. The van der Waals surface area contributed by atoms with Crippen LogP contribution in [0.3, 0.4) is 0 Å². The minimum absolute atomic E-state index is 0.500. The Morgan fingerprint density at radius 1 is 1.22 bits per heavy atom. The van der Waals surface area contributed by atoms with Crippen LogP contribution in [0, 0.1) is 0 Å². The predicted octanol–water partition coefficient (Wildman–Crippen LogP) is 0.772. The van der Waals surface area contributed by atoms with Crippen LogP contribution < -0.4 is 0 Å². The van der Waals surface area contributed by atoms with Crippen LogP contribution in [0.4, 0.5) is 0 Å². The average Bonchev–Trinajstić information content (AvgIpc) is 1.19. The Hall–Kier alpha value is 0.110. The minimum atomic E-state index is -0.611. The SMILES string of the molecule is CC(C)(C)O.CS(C)=O. The molecule has 0 aromatic carbocycles. The molecule has 0 unspecified atom stereocenters. The molecule has 0 aliphatic carbocycles. The number of hydrogen-bond acceptors (Lipinski definition) is 2. The molecule has 0 fully saturated rings. The van der Waals surface area contributed by atoms with Gasteiger partial charge in [-0.1, -0.05) is 0 Å². The summed E-state index contributed by atoms with van der Waals surface area (Å²) in [7, 11) is -0.611. The van der Waals surface area contributed by atoms with Crippen LogP contribution in [0.2, 0.25) is 0 Å². The molecule has 0 aliphatic heterocycles. The third-order valence-corrected chi connectivity index (χ3v) is 0. The van der Waals surface area contributed by atoms with Crippen molar-refractivity contribution in [2.75, 3.05) is 12.5 Å². The van der Waals surface area contributed by atoms with Gasteiger partial charge in [0.2, 0.25) is 0 Å². The summed E-state index contributed by atoms with van der Waals surface area (Å²) in [4.78, 5) is 0. The molecule has 0 heterocycles. The maximum atomic E-state index is 9.56. The summed E-state index contributed by atoms with van der Waals surface area (Å²) < 4.78 is 9.56. The van der Waals surface area contributed by atoms with Crippen molar-refractivity contribution >= 4 is 10.8 Å². The molecule has 9 heavy (non-hydrogen) atoms. The number of rotatable bonds is 0. The maximum Gasteiger partial charge on any atom is 0.0563 e. The summed E-state index contributed by atoms with van der Waals surface area (Å²) >= 11 is 0. The normalized spacial score (nSPS) is 10.6. The highest BCUT2D eigenvalue weighted by atomic mass is 32.2. The largest absolute Gasteiger partial charge is 0.391 e. The van der Waals surface area contributed by atoms with Crippen LogP contribution in [0.5, 0.6) is 0 Å². The summed E-state index contributed by atoms with van der Waals surface area (Å²) in [6.07, 6.45) is 3.28. The Morgan fingerprint density at radius 3 is 1.22 bits per heavy atom. The molecule has 0 bridgehead atoms. The standard InChI is InChI=1S/C4H10O.C2H6OS/c1-4(2,3)5;1-4(2)3/h5H,1-3H3;1-2H3. The molecule has 0 rings (SSSR count). The van der Waals surface area contributed by atoms with Crippen molar-refractivity contribution in [3.63, 3.8) is 0 Å². The van der Waals surface area contributed by atoms with E-state index in [2.05, 4.69) is 0 Å². The second-order valence-electron chi connectivity index (χ2n) is 2.91. The van der Waals surface area contributed by atoms with Crippen LogP contribution in [-0.4, -0.2) is 27.4 Å². The zero-order chi connectivity index (χ0) is 8.08. The molecule has 0 atom stereocenters. The molecule has 0 aliphatic rings. The van der Waals surface area contributed by atoms with Gasteiger partial charge in [0.25, 0.3) is 0 Å². The highest BCUT2D eigenvalue weighted by molar-refractivity contribution is 7.83. The van der Waals surface area contributed by atoms with Gasteiger partial charge < -0.3 is 5.11 Å². The van der Waals surface area contributed by atoms with Crippen molar-refractivity contribution < 1.29 is 9.32 Å². The zero-order valence-electron chi connectivity index (χ0n) is 6.76. The first-order valence-electron chi connectivity index (χ1n) is 2.71. The Bertz CT molecular complexity index is 73.5. The van der Waals surface area contributed by atoms with Crippen LogP contribution in [0.25, 0.3) is 0 Å². The number of aliphatic hydroxyl groups is 1. The third-order valence-electron chi connectivity index (χ3n) is 0.